The Labute approximate surface area is 182 Å². The van der Waals surface area contributed by atoms with E-state index in [4.69, 9.17) is 4.74 Å². The van der Waals surface area contributed by atoms with Crippen molar-refractivity contribution in [2.45, 2.75) is 46.1 Å². The normalized spacial score (nSPS) is 12.2. The SMILES string of the molecule is CC(C)CC(C(=O)Nc1ccn(C)n1)n1ccc(Oc2ccccc2C(C)C)cc1=O. The summed E-state index contributed by atoms with van der Waals surface area (Å²) >= 11 is 0. The van der Waals surface area contributed by atoms with Crippen molar-refractivity contribution in [2.75, 3.05) is 5.32 Å². The van der Waals surface area contributed by atoms with Crippen LogP contribution in [0.4, 0.5) is 5.82 Å². The van der Waals surface area contributed by atoms with Gasteiger partial charge in [0.1, 0.15) is 17.5 Å². The average molecular weight is 423 g/mol. The Balaban J connectivity index is 1.86. The van der Waals surface area contributed by atoms with Crippen LogP contribution in [0.5, 0.6) is 11.5 Å². The van der Waals surface area contributed by atoms with Crippen LogP contribution in [0, 0.1) is 5.92 Å². The first-order chi connectivity index (χ1) is 14.7. The van der Waals surface area contributed by atoms with Crippen LogP contribution in [0.2, 0.25) is 0 Å². The van der Waals surface area contributed by atoms with Crippen LogP contribution in [0.1, 0.15) is 51.6 Å². The third-order valence-corrected chi connectivity index (χ3v) is 4.99. The first-order valence-electron chi connectivity index (χ1n) is 10.5. The molecule has 164 valence electrons. The van der Waals surface area contributed by atoms with E-state index in [1.807, 2.05) is 38.1 Å². The lowest BCUT2D eigenvalue weighted by molar-refractivity contribution is -0.119. The van der Waals surface area contributed by atoms with E-state index in [2.05, 4.69) is 24.3 Å². The molecule has 0 spiro atoms. The molecule has 2 heterocycles. The minimum atomic E-state index is -0.647. The first kappa shape index (κ1) is 22.3. The number of amides is 1. The number of aryl methyl sites for hydroxylation is 1. The zero-order valence-corrected chi connectivity index (χ0v) is 18.7. The van der Waals surface area contributed by atoms with Crippen LogP contribution < -0.4 is 15.6 Å². The lowest BCUT2D eigenvalue weighted by atomic mass is 10.0. The van der Waals surface area contributed by atoms with Crippen molar-refractivity contribution in [3.63, 3.8) is 0 Å². The molecule has 0 fully saturated rings. The average Bonchev–Trinajstić information content (AvgIpc) is 3.11. The van der Waals surface area contributed by atoms with Crippen LogP contribution in [-0.2, 0) is 11.8 Å². The zero-order chi connectivity index (χ0) is 22.5. The van der Waals surface area contributed by atoms with Crippen LogP contribution in [0.3, 0.4) is 0 Å². The molecular weight excluding hydrogens is 392 g/mol. The van der Waals surface area contributed by atoms with Crippen molar-refractivity contribution in [3.8, 4) is 11.5 Å². The van der Waals surface area contributed by atoms with Gasteiger partial charge in [0, 0.05) is 31.6 Å². The second-order valence-corrected chi connectivity index (χ2v) is 8.41. The Morgan fingerprint density at radius 2 is 1.84 bits per heavy atom. The molecular formula is C24H30N4O3. The fourth-order valence-electron chi connectivity index (χ4n) is 3.45. The maximum absolute atomic E-state index is 13.0. The van der Waals surface area contributed by atoms with Gasteiger partial charge >= 0.3 is 0 Å². The topological polar surface area (TPSA) is 78.2 Å². The largest absolute Gasteiger partial charge is 0.457 e. The number of benzene rings is 1. The molecule has 0 aliphatic heterocycles. The van der Waals surface area contributed by atoms with E-state index in [-0.39, 0.29) is 17.4 Å². The molecule has 1 amide bonds. The summed E-state index contributed by atoms with van der Waals surface area (Å²) < 4.78 is 9.07. The molecule has 7 heteroatoms. The van der Waals surface area contributed by atoms with Crippen molar-refractivity contribution >= 4 is 11.7 Å². The van der Waals surface area contributed by atoms with Gasteiger partial charge in [0.25, 0.3) is 5.56 Å². The van der Waals surface area contributed by atoms with Crippen LogP contribution in [0.15, 0.2) is 59.7 Å². The number of rotatable bonds is 8. The number of carbonyl (C=O) groups is 1. The Kier molecular flexibility index (Phi) is 6.95. The fourth-order valence-corrected chi connectivity index (χ4v) is 3.45. The molecule has 2 aromatic heterocycles. The second kappa shape index (κ2) is 9.64. The van der Waals surface area contributed by atoms with E-state index in [1.165, 1.54) is 10.6 Å². The number of para-hydroxylation sites is 1. The van der Waals surface area contributed by atoms with Gasteiger partial charge in [0.15, 0.2) is 5.82 Å². The zero-order valence-electron chi connectivity index (χ0n) is 18.7. The Bertz CT molecular complexity index is 1100. The number of aromatic nitrogens is 3. The molecule has 31 heavy (non-hydrogen) atoms. The van der Waals surface area contributed by atoms with Crippen molar-refractivity contribution in [2.24, 2.45) is 13.0 Å². The molecule has 0 aliphatic carbocycles. The second-order valence-electron chi connectivity index (χ2n) is 8.41. The van der Waals surface area contributed by atoms with E-state index >= 15 is 0 Å². The summed E-state index contributed by atoms with van der Waals surface area (Å²) in [5.41, 5.74) is 0.778. The summed E-state index contributed by atoms with van der Waals surface area (Å²) in [4.78, 5) is 25.9. The number of hydrogen-bond donors (Lipinski definition) is 1. The highest BCUT2D eigenvalue weighted by atomic mass is 16.5. The van der Waals surface area contributed by atoms with Crippen LogP contribution in [-0.4, -0.2) is 20.3 Å². The van der Waals surface area contributed by atoms with Gasteiger partial charge in [-0.1, -0.05) is 45.9 Å². The predicted molar refractivity (Wildman–Crippen MR) is 122 cm³/mol. The number of hydrogen-bond acceptors (Lipinski definition) is 4. The number of anilines is 1. The minimum Gasteiger partial charge on any atom is -0.457 e. The smallest absolute Gasteiger partial charge is 0.254 e. The summed E-state index contributed by atoms with van der Waals surface area (Å²) in [6.45, 7) is 8.23. The molecule has 0 aliphatic rings. The molecule has 1 aromatic carbocycles. The Hall–Kier alpha value is -3.35. The highest BCUT2D eigenvalue weighted by molar-refractivity contribution is 5.92. The molecule has 3 aromatic rings. The number of carbonyl (C=O) groups excluding carboxylic acids is 1. The van der Waals surface area contributed by atoms with Crippen molar-refractivity contribution < 1.29 is 9.53 Å². The standard InChI is InChI=1S/C24H30N4O3/c1-16(2)14-20(24(30)25-22-11-12-27(5)26-22)28-13-10-18(15-23(28)29)31-21-9-7-6-8-19(21)17(3)4/h6-13,15-17,20H,14H2,1-5H3,(H,25,26,30). The fraction of sp³-hybridized carbons (Fsp3) is 0.375. The van der Waals surface area contributed by atoms with Gasteiger partial charge in [-0.3, -0.25) is 14.3 Å². The predicted octanol–water partition coefficient (Wildman–Crippen LogP) is 4.72. The summed E-state index contributed by atoms with van der Waals surface area (Å²) in [5, 5.41) is 7.00. The molecule has 3 rings (SSSR count). The van der Waals surface area contributed by atoms with Gasteiger partial charge in [-0.25, -0.2) is 0 Å². The molecule has 1 unspecified atom stereocenters. The molecule has 0 saturated heterocycles. The maximum atomic E-state index is 13.0. The van der Waals surface area contributed by atoms with E-state index in [0.717, 1.165) is 11.3 Å². The van der Waals surface area contributed by atoms with Gasteiger partial charge in [-0.15, -0.1) is 0 Å². The molecule has 0 radical (unpaired) electrons. The molecule has 7 nitrogen and oxygen atoms in total. The van der Waals surface area contributed by atoms with Gasteiger partial charge < -0.3 is 14.6 Å². The highest BCUT2D eigenvalue weighted by Crippen LogP contribution is 2.30. The summed E-state index contributed by atoms with van der Waals surface area (Å²) in [7, 11) is 1.78. The Morgan fingerprint density at radius 3 is 2.45 bits per heavy atom. The lowest BCUT2D eigenvalue weighted by Gasteiger charge is -2.21. The van der Waals surface area contributed by atoms with Crippen LogP contribution in [0.25, 0.3) is 0 Å². The molecule has 1 atom stereocenters. The van der Waals surface area contributed by atoms with Gasteiger partial charge in [-0.05, 0) is 36.0 Å². The van der Waals surface area contributed by atoms with Gasteiger partial charge in [-0.2, -0.15) is 5.10 Å². The van der Waals surface area contributed by atoms with E-state index in [1.54, 1.807) is 36.3 Å². The van der Waals surface area contributed by atoms with E-state index < -0.39 is 6.04 Å². The van der Waals surface area contributed by atoms with Crippen molar-refractivity contribution in [1.82, 2.24) is 14.3 Å². The van der Waals surface area contributed by atoms with E-state index in [9.17, 15) is 9.59 Å². The minimum absolute atomic E-state index is 0.222. The third-order valence-electron chi connectivity index (χ3n) is 4.99. The molecule has 0 bridgehead atoms. The maximum Gasteiger partial charge on any atom is 0.254 e. The monoisotopic (exact) mass is 422 g/mol. The molecule has 1 N–H and O–H groups in total. The quantitative estimate of drug-likeness (QED) is 0.570. The van der Waals surface area contributed by atoms with Gasteiger partial charge in [0.05, 0.1) is 0 Å². The van der Waals surface area contributed by atoms with E-state index in [0.29, 0.717) is 23.9 Å². The highest BCUT2D eigenvalue weighted by Gasteiger charge is 2.23. The number of ether oxygens (including phenoxy) is 1. The number of pyridine rings is 1. The summed E-state index contributed by atoms with van der Waals surface area (Å²) in [6.07, 6.45) is 3.90. The molecule has 0 saturated carbocycles. The number of nitrogens with one attached hydrogen (secondary N) is 1. The summed E-state index contributed by atoms with van der Waals surface area (Å²) in [5.74, 6) is 1.87. The third kappa shape index (κ3) is 5.63. The van der Waals surface area contributed by atoms with Crippen molar-refractivity contribution in [1.29, 1.82) is 0 Å². The number of nitrogens with zero attached hydrogens (tertiary/aromatic N) is 3. The first-order valence-corrected chi connectivity index (χ1v) is 10.5. The Morgan fingerprint density at radius 1 is 1.10 bits per heavy atom. The van der Waals surface area contributed by atoms with Crippen molar-refractivity contribution in [3.05, 3.63) is 70.8 Å². The van der Waals surface area contributed by atoms with Gasteiger partial charge in [0.2, 0.25) is 5.91 Å². The lowest BCUT2D eigenvalue weighted by Crippen LogP contribution is -2.33. The van der Waals surface area contributed by atoms with Crippen LogP contribution >= 0.6 is 0 Å². The summed E-state index contributed by atoms with van der Waals surface area (Å²) in [6, 6.07) is 12.0.